The lowest BCUT2D eigenvalue weighted by Gasteiger charge is -2.10. The molecule has 7 nitrogen and oxygen atoms in total. The molecule has 3 aromatic rings. The van der Waals surface area contributed by atoms with Crippen LogP contribution in [0.2, 0.25) is 0 Å². The topological polar surface area (TPSA) is 77.1 Å². The summed E-state index contributed by atoms with van der Waals surface area (Å²) in [6, 6.07) is 4.01. The van der Waals surface area contributed by atoms with Gasteiger partial charge in [-0.25, -0.2) is 9.50 Å². The van der Waals surface area contributed by atoms with Crippen molar-refractivity contribution >= 4 is 29.0 Å². The highest BCUT2D eigenvalue weighted by Gasteiger charge is 2.32. The molecule has 0 radical (unpaired) electrons. The molecule has 10 heteroatoms. The molecule has 0 saturated carbocycles. The molecule has 0 aliphatic rings. The zero-order chi connectivity index (χ0) is 16.8. The molecule has 0 spiro atoms. The maximum absolute atomic E-state index is 13.5. The maximum Gasteiger partial charge on any atom is 0.364 e. The highest BCUT2D eigenvalue weighted by atomic mass is 35.5. The minimum absolute atomic E-state index is 0.0732. The number of aryl methyl sites for hydroxylation is 2. The number of carbonyl (C=O) groups is 1. The van der Waals surface area contributed by atoms with E-state index in [4.69, 9.17) is 11.6 Å². The lowest BCUT2D eigenvalue weighted by Crippen LogP contribution is -2.15. The van der Waals surface area contributed by atoms with Crippen molar-refractivity contribution < 1.29 is 13.6 Å². The van der Waals surface area contributed by atoms with Crippen LogP contribution in [0.15, 0.2) is 24.4 Å². The first kappa shape index (κ1) is 15.3. The fourth-order valence-electron chi connectivity index (χ4n) is 2.08. The summed E-state index contributed by atoms with van der Waals surface area (Å²) in [6.45, 7) is 1.55. The maximum atomic E-state index is 13.5. The molecule has 3 heterocycles. The Hall–Kier alpha value is -2.55. The highest BCUT2D eigenvalue weighted by molar-refractivity contribution is 6.21. The van der Waals surface area contributed by atoms with Gasteiger partial charge in [0.15, 0.2) is 17.2 Å². The van der Waals surface area contributed by atoms with Crippen LogP contribution in [0.25, 0.3) is 5.65 Å². The number of alkyl halides is 3. The van der Waals surface area contributed by atoms with Gasteiger partial charge in [-0.1, -0.05) is 0 Å². The number of halogens is 3. The fourth-order valence-corrected chi connectivity index (χ4v) is 2.21. The smallest absolute Gasteiger partial charge is 0.304 e. The van der Waals surface area contributed by atoms with E-state index in [9.17, 15) is 13.6 Å². The molecular formula is C13H11ClF2N6O. The molecule has 0 aromatic carbocycles. The standard InChI is InChI=1S/C13H11ClF2N6O/c1-7-5-9(13(14,15)16)22-11(17-7)6-8(19-22)12(23)18-10-3-4-21(2)20-10/h3-6H,1-2H3,(H,18,20,23). The number of hydrogen-bond donors (Lipinski definition) is 1. The SMILES string of the molecule is Cc1cc(C(F)(F)Cl)n2nc(C(=O)Nc3ccn(C)n3)cc2n1. The second kappa shape index (κ2) is 5.27. The predicted octanol–water partition coefficient (Wildman–Crippen LogP) is 2.31. The number of nitrogens with zero attached hydrogens (tertiary/aromatic N) is 5. The number of aromatic nitrogens is 5. The Balaban J connectivity index is 2.01. The lowest BCUT2D eigenvalue weighted by atomic mass is 10.3. The van der Waals surface area contributed by atoms with Crippen LogP contribution in [0.1, 0.15) is 21.9 Å². The highest BCUT2D eigenvalue weighted by Crippen LogP contribution is 2.32. The van der Waals surface area contributed by atoms with Gasteiger partial charge in [0.25, 0.3) is 5.91 Å². The van der Waals surface area contributed by atoms with Crippen molar-refractivity contribution in [3.8, 4) is 0 Å². The summed E-state index contributed by atoms with van der Waals surface area (Å²) >= 11 is 5.10. The van der Waals surface area contributed by atoms with Gasteiger partial charge >= 0.3 is 5.38 Å². The molecule has 0 saturated heterocycles. The van der Waals surface area contributed by atoms with E-state index in [0.717, 1.165) is 10.6 Å². The van der Waals surface area contributed by atoms with E-state index in [1.54, 1.807) is 26.2 Å². The van der Waals surface area contributed by atoms with Crippen molar-refractivity contribution in [2.24, 2.45) is 7.05 Å². The summed E-state index contributed by atoms with van der Waals surface area (Å²) in [5.74, 6) is -0.266. The number of anilines is 1. The van der Waals surface area contributed by atoms with Crippen LogP contribution in [0.5, 0.6) is 0 Å². The molecule has 120 valence electrons. The summed E-state index contributed by atoms with van der Waals surface area (Å²) in [5, 5.41) is 6.75. The first-order valence-corrected chi connectivity index (χ1v) is 6.87. The summed E-state index contributed by atoms with van der Waals surface area (Å²) in [5.41, 5.74) is -0.189. The Morgan fingerprint density at radius 3 is 2.70 bits per heavy atom. The number of rotatable bonds is 3. The molecule has 0 atom stereocenters. The second-order valence-corrected chi connectivity index (χ2v) is 5.38. The van der Waals surface area contributed by atoms with Gasteiger partial charge in [-0.05, 0) is 24.6 Å². The van der Waals surface area contributed by atoms with Crippen molar-refractivity contribution in [1.82, 2.24) is 24.4 Å². The molecular weight excluding hydrogens is 330 g/mol. The van der Waals surface area contributed by atoms with E-state index in [1.807, 2.05) is 0 Å². The van der Waals surface area contributed by atoms with Crippen LogP contribution in [0.3, 0.4) is 0 Å². The summed E-state index contributed by atoms with van der Waals surface area (Å²) in [6.07, 6.45) is 1.65. The number of carbonyl (C=O) groups excluding carboxylic acids is 1. The van der Waals surface area contributed by atoms with Crippen molar-refractivity contribution in [1.29, 1.82) is 0 Å². The largest absolute Gasteiger partial charge is 0.364 e. The normalized spacial score (nSPS) is 11.9. The second-order valence-electron chi connectivity index (χ2n) is 4.91. The molecule has 23 heavy (non-hydrogen) atoms. The Morgan fingerprint density at radius 1 is 1.35 bits per heavy atom. The molecule has 0 aliphatic heterocycles. The van der Waals surface area contributed by atoms with E-state index in [0.29, 0.717) is 11.5 Å². The van der Waals surface area contributed by atoms with E-state index in [1.165, 1.54) is 10.7 Å². The predicted molar refractivity (Wildman–Crippen MR) is 78.6 cm³/mol. The average Bonchev–Trinajstić information content (AvgIpc) is 3.02. The van der Waals surface area contributed by atoms with Crippen LogP contribution in [0.4, 0.5) is 14.6 Å². The average molecular weight is 341 g/mol. The zero-order valence-corrected chi connectivity index (χ0v) is 12.8. The zero-order valence-electron chi connectivity index (χ0n) is 12.1. The van der Waals surface area contributed by atoms with Crippen LogP contribution < -0.4 is 5.32 Å². The Morgan fingerprint density at radius 2 is 2.09 bits per heavy atom. The first-order chi connectivity index (χ1) is 10.7. The van der Waals surface area contributed by atoms with Gasteiger partial charge in [0.05, 0.1) is 0 Å². The molecule has 3 aromatic heterocycles. The van der Waals surface area contributed by atoms with E-state index in [-0.39, 0.29) is 11.3 Å². The number of fused-ring (bicyclic) bond motifs is 1. The molecule has 0 aliphatic carbocycles. The fraction of sp³-hybridized carbons (Fsp3) is 0.231. The van der Waals surface area contributed by atoms with Gasteiger partial charge < -0.3 is 5.32 Å². The monoisotopic (exact) mass is 340 g/mol. The minimum Gasteiger partial charge on any atom is -0.304 e. The number of amides is 1. The van der Waals surface area contributed by atoms with Crippen LogP contribution in [0, 0.1) is 6.92 Å². The van der Waals surface area contributed by atoms with Gasteiger partial charge in [-0.2, -0.15) is 19.0 Å². The molecule has 0 fully saturated rings. The Kier molecular flexibility index (Phi) is 3.52. The third kappa shape index (κ3) is 3.00. The number of hydrogen-bond acceptors (Lipinski definition) is 4. The molecule has 0 unspecified atom stereocenters. The third-order valence-corrected chi connectivity index (χ3v) is 3.23. The Labute approximate surface area is 133 Å². The molecule has 1 amide bonds. The van der Waals surface area contributed by atoms with Gasteiger partial charge in [0.1, 0.15) is 5.69 Å². The molecule has 0 bridgehead atoms. The minimum atomic E-state index is -3.63. The summed E-state index contributed by atoms with van der Waals surface area (Å²) < 4.78 is 29.3. The van der Waals surface area contributed by atoms with E-state index >= 15 is 0 Å². The van der Waals surface area contributed by atoms with Gasteiger partial charge in [0, 0.05) is 31.1 Å². The quantitative estimate of drug-likeness (QED) is 0.742. The van der Waals surface area contributed by atoms with E-state index < -0.39 is 17.0 Å². The Bertz CT molecular complexity index is 898. The van der Waals surface area contributed by atoms with Gasteiger partial charge in [-0.15, -0.1) is 0 Å². The third-order valence-electron chi connectivity index (χ3n) is 3.03. The summed E-state index contributed by atoms with van der Waals surface area (Å²) in [7, 11) is 1.70. The van der Waals surface area contributed by atoms with Crippen molar-refractivity contribution in [3.63, 3.8) is 0 Å². The van der Waals surface area contributed by atoms with Crippen molar-refractivity contribution in [2.45, 2.75) is 12.3 Å². The van der Waals surface area contributed by atoms with E-state index in [2.05, 4.69) is 20.5 Å². The van der Waals surface area contributed by atoms with Crippen LogP contribution in [-0.2, 0) is 12.4 Å². The van der Waals surface area contributed by atoms with Crippen molar-refractivity contribution in [2.75, 3.05) is 5.32 Å². The summed E-state index contributed by atoms with van der Waals surface area (Å²) in [4.78, 5) is 16.2. The van der Waals surface area contributed by atoms with Crippen LogP contribution >= 0.6 is 11.6 Å². The molecule has 3 rings (SSSR count). The van der Waals surface area contributed by atoms with Gasteiger partial charge in [-0.3, -0.25) is 9.48 Å². The lowest BCUT2D eigenvalue weighted by molar-refractivity contribution is 0.0868. The number of nitrogens with one attached hydrogen (secondary N) is 1. The van der Waals surface area contributed by atoms with Gasteiger partial charge in [0.2, 0.25) is 0 Å². The van der Waals surface area contributed by atoms with Crippen LogP contribution in [-0.4, -0.2) is 30.3 Å². The molecule has 1 N–H and O–H groups in total. The van der Waals surface area contributed by atoms with Crippen molar-refractivity contribution in [3.05, 3.63) is 41.5 Å². The first-order valence-electron chi connectivity index (χ1n) is 6.49.